The molecule has 7 heteroatoms. The number of para-hydroxylation sites is 1. The second-order valence-electron chi connectivity index (χ2n) is 5.37. The van der Waals surface area contributed by atoms with Crippen LogP contribution in [0.25, 0.3) is 11.1 Å². The van der Waals surface area contributed by atoms with Crippen molar-refractivity contribution < 1.29 is 13.9 Å². The first kappa shape index (κ1) is 17.0. The molecule has 5 nitrogen and oxygen atoms in total. The van der Waals surface area contributed by atoms with Gasteiger partial charge in [-0.05, 0) is 18.2 Å². The Kier molecular flexibility index (Phi) is 4.72. The van der Waals surface area contributed by atoms with Gasteiger partial charge in [-0.2, -0.15) is 5.10 Å². The summed E-state index contributed by atoms with van der Waals surface area (Å²) < 4.78 is 21.1. The summed E-state index contributed by atoms with van der Waals surface area (Å²) in [4.78, 5) is 12.4. The Morgan fingerprint density at radius 2 is 2.04 bits per heavy atom. The minimum absolute atomic E-state index is 0.181. The largest absolute Gasteiger partial charge is 0.495 e. The van der Waals surface area contributed by atoms with Gasteiger partial charge in [-0.3, -0.25) is 9.48 Å². The fourth-order valence-corrected chi connectivity index (χ4v) is 2.68. The standard InChI is InChI=1S/C18H15ClFN3O2/c1-23-10-11(9-21-23)18(24)22-16-6-4-3-5-12(16)13-7-17(25-2)14(19)8-15(13)20/h3-10H,1-2H3,(H,22,24). The zero-order valence-corrected chi connectivity index (χ0v) is 14.3. The minimum Gasteiger partial charge on any atom is -0.495 e. The third-order valence-corrected chi connectivity index (χ3v) is 3.97. The summed E-state index contributed by atoms with van der Waals surface area (Å²) in [5, 5.41) is 6.94. The number of hydrogen-bond donors (Lipinski definition) is 1. The molecule has 0 unspecified atom stereocenters. The molecule has 3 rings (SSSR count). The molecule has 2 aromatic carbocycles. The van der Waals surface area contributed by atoms with E-state index in [0.717, 1.165) is 0 Å². The van der Waals surface area contributed by atoms with E-state index in [4.69, 9.17) is 16.3 Å². The molecule has 0 radical (unpaired) electrons. The van der Waals surface area contributed by atoms with Crippen molar-refractivity contribution in [2.45, 2.75) is 0 Å². The van der Waals surface area contributed by atoms with Crippen molar-refractivity contribution >= 4 is 23.2 Å². The highest BCUT2D eigenvalue weighted by Gasteiger charge is 2.16. The molecule has 128 valence electrons. The Morgan fingerprint density at radius 1 is 1.28 bits per heavy atom. The van der Waals surface area contributed by atoms with Crippen LogP contribution < -0.4 is 10.1 Å². The Bertz CT molecular complexity index is 940. The van der Waals surface area contributed by atoms with Gasteiger partial charge in [-0.15, -0.1) is 0 Å². The van der Waals surface area contributed by atoms with Crippen LogP contribution in [0.5, 0.6) is 5.75 Å². The van der Waals surface area contributed by atoms with Crippen LogP contribution in [0.4, 0.5) is 10.1 Å². The van der Waals surface area contributed by atoms with Crippen molar-refractivity contribution in [3.05, 3.63) is 65.2 Å². The lowest BCUT2D eigenvalue weighted by atomic mass is 10.0. The van der Waals surface area contributed by atoms with Gasteiger partial charge < -0.3 is 10.1 Å². The summed E-state index contributed by atoms with van der Waals surface area (Å²) in [7, 11) is 3.18. The molecule has 0 saturated carbocycles. The van der Waals surface area contributed by atoms with E-state index in [1.807, 2.05) is 0 Å². The summed E-state index contributed by atoms with van der Waals surface area (Å²) in [5.41, 5.74) is 1.68. The van der Waals surface area contributed by atoms with Crippen molar-refractivity contribution in [3.8, 4) is 16.9 Å². The number of carbonyl (C=O) groups excluding carboxylic acids is 1. The van der Waals surface area contributed by atoms with E-state index in [-0.39, 0.29) is 16.5 Å². The van der Waals surface area contributed by atoms with Crippen LogP contribution in [0, 0.1) is 5.82 Å². The van der Waals surface area contributed by atoms with Crippen LogP contribution in [0.15, 0.2) is 48.8 Å². The smallest absolute Gasteiger partial charge is 0.258 e. The molecular formula is C18H15ClFN3O2. The number of benzene rings is 2. The Labute approximate surface area is 149 Å². The van der Waals surface area contributed by atoms with E-state index in [9.17, 15) is 9.18 Å². The van der Waals surface area contributed by atoms with Gasteiger partial charge in [0.2, 0.25) is 0 Å². The molecule has 0 aliphatic heterocycles. The van der Waals surface area contributed by atoms with E-state index in [1.165, 1.54) is 30.1 Å². The highest BCUT2D eigenvalue weighted by Crippen LogP contribution is 2.36. The summed E-state index contributed by atoms with van der Waals surface area (Å²) in [6.45, 7) is 0. The fourth-order valence-electron chi connectivity index (χ4n) is 2.45. The molecule has 1 aromatic heterocycles. The molecule has 0 bridgehead atoms. The third-order valence-electron chi connectivity index (χ3n) is 3.67. The molecule has 1 amide bonds. The van der Waals surface area contributed by atoms with Gasteiger partial charge in [0.1, 0.15) is 11.6 Å². The second kappa shape index (κ2) is 6.94. The SMILES string of the molecule is COc1cc(-c2ccccc2NC(=O)c2cnn(C)c2)c(F)cc1Cl. The number of aryl methyl sites for hydroxylation is 1. The maximum absolute atomic E-state index is 14.4. The lowest BCUT2D eigenvalue weighted by molar-refractivity contribution is 0.102. The van der Waals surface area contributed by atoms with Gasteiger partial charge in [0.05, 0.1) is 23.9 Å². The van der Waals surface area contributed by atoms with Crippen LogP contribution in [-0.4, -0.2) is 22.8 Å². The summed E-state index contributed by atoms with van der Waals surface area (Å²) in [6.07, 6.45) is 3.06. The number of methoxy groups -OCH3 is 1. The first-order chi connectivity index (χ1) is 12.0. The molecule has 0 spiro atoms. The number of halogens is 2. The van der Waals surface area contributed by atoms with Gasteiger partial charge in [0.15, 0.2) is 0 Å². The maximum Gasteiger partial charge on any atom is 0.258 e. The van der Waals surface area contributed by atoms with E-state index >= 15 is 0 Å². The van der Waals surface area contributed by atoms with Crippen LogP contribution in [0.2, 0.25) is 5.02 Å². The molecular weight excluding hydrogens is 345 g/mol. The van der Waals surface area contributed by atoms with E-state index < -0.39 is 5.82 Å². The highest BCUT2D eigenvalue weighted by atomic mass is 35.5. The van der Waals surface area contributed by atoms with Gasteiger partial charge in [0.25, 0.3) is 5.91 Å². The predicted octanol–water partition coefficient (Wildman–Crippen LogP) is 4.14. The van der Waals surface area contributed by atoms with E-state index in [0.29, 0.717) is 22.6 Å². The first-order valence-electron chi connectivity index (χ1n) is 7.42. The number of rotatable bonds is 4. The van der Waals surface area contributed by atoms with Gasteiger partial charge in [-0.25, -0.2) is 4.39 Å². The maximum atomic E-state index is 14.4. The fraction of sp³-hybridized carbons (Fsp3) is 0.111. The molecule has 0 atom stereocenters. The normalized spacial score (nSPS) is 10.6. The zero-order chi connectivity index (χ0) is 18.0. The van der Waals surface area contributed by atoms with Crippen LogP contribution in [0.1, 0.15) is 10.4 Å². The average molecular weight is 360 g/mol. The number of anilines is 1. The molecule has 1 N–H and O–H groups in total. The number of amides is 1. The van der Waals surface area contributed by atoms with Crippen molar-refractivity contribution in [2.24, 2.45) is 7.05 Å². The van der Waals surface area contributed by atoms with Crippen molar-refractivity contribution in [3.63, 3.8) is 0 Å². The van der Waals surface area contributed by atoms with Crippen LogP contribution >= 0.6 is 11.6 Å². The number of hydrogen-bond acceptors (Lipinski definition) is 3. The molecule has 3 aromatic rings. The first-order valence-corrected chi connectivity index (χ1v) is 7.80. The molecule has 25 heavy (non-hydrogen) atoms. The number of aromatic nitrogens is 2. The monoisotopic (exact) mass is 359 g/mol. The van der Waals surface area contributed by atoms with Gasteiger partial charge >= 0.3 is 0 Å². The van der Waals surface area contributed by atoms with Gasteiger partial charge in [0, 0.05) is 30.1 Å². The third kappa shape index (κ3) is 3.49. The topological polar surface area (TPSA) is 56.1 Å². The molecule has 1 heterocycles. The molecule has 0 fully saturated rings. The van der Waals surface area contributed by atoms with E-state index in [2.05, 4.69) is 10.4 Å². The zero-order valence-electron chi connectivity index (χ0n) is 13.6. The molecule has 0 aliphatic rings. The lowest BCUT2D eigenvalue weighted by Crippen LogP contribution is -2.12. The number of nitrogens with one attached hydrogen (secondary N) is 1. The Hall–Kier alpha value is -2.86. The number of nitrogens with zero attached hydrogens (tertiary/aromatic N) is 2. The highest BCUT2D eigenvalue weighted by molar-refractivity contribution is 6.32. The second-order valence-corrected chi connectivity index (χ2v) is 5.78. The predicted molar refractivity (Wildman–Crippen MR) is 94.6 cm³/mol. The van der Waals surface area contributed by atoms with Crippen molar-refractivity contribution in [2.75, 3.05) is 12.4 Å². The summed E-state index contributed by atoms with van der Waals surface area (Å²) >= 11 is 5.95. The molecule has 0 aliphatic carbocycles. The van der Waals surface area contributed by atoms with E-state index in [1.54, 1.807) is 37.5 Å². The van der Waals surface area contributed by atoms with Crippen molar-refractivity contribution in [1.29, 1.82) is 0 Å². The van der Waals surface area contributed by atoms with Gasteiger partial charge in [-0.1, -0.05) is 29.8 Å². The number of ether oxygens (including phenoxy) is 1. The summed E-state index contributed by atoms with van der Waals surface area (Å²) in [5.74, 6) is -0.484. The van der Waals surface area contributed by atoms with Crippen molar-refractivity contribution in [1.82, 2.24) is 9.78 Å². The Balaban J connectivity index is 2.01. The minimum atomic E-state index is -0.506. The quantitative estimate of drug-likeness (QED) is 0.761. The summed E-state index contributed by atoms with van der Waals surface area (Å²) in [6, 6.07) is 9.62. The number of carbonyl (C=O) groups is 1. The molecule has 0 saturated heterocycles. The van der Waals surface area contributed by atoms with Crippen LogP contribution in [-0.2, 0) is 7.05 Å². The lowest BCUT2D eigenvalue weighted by Gasteiger charge is -2.13. The van der Waals surface area contributed by atoms with Crippen LogP contribution in [0.3, 0.4) is 0 Å². The Morgan fingerprint density at radius 3 is 2.72 bits per heavy atom. The average Bonchev–Trinajstić information content (AvgIpc) is 3.02.